The Hall–Kier alpha value is -1.69. The van der Waals surface area contributed by atoms with Gasteiger partial charge in [-0.25, -0.2) is 8.78 Å². The molecule has 0 bridgehead atoms. The van der Waals surface area contributed by atoms with Crippen molar-refractivity contribution in [1.82, 2.24) is 5.32 Å². The normalized spacial score (nSPS) is 12.1. The minimum Gasteiger partial charge on any atom is -0.385 e. The van der Waals surface area contributed by atoms with Crippen LogP contribution in [0.2, 0.25) is 0 Å². The number of halogens is 2. The lowest BCUT2D eigenvalue weighted by atomic mass is 10.1. The minimum atomic E-state index is -0.776. The highest BCUT2D eigenvalue weighted by atomic mass is 19.1. The van der Waals surface area contributed by atoms with Gasteiger partial charge >= 0.3 is 0 Å². The molecule has 0 saturated heterocycles. The lowest BCUT2D eigenvalue weighted by molar-refractivity contribution is 0.0928. The molecule has 0 aliphatic heterocycles. The fourth-order valence-electron chi connectivity index (χ4n) is 1.72. The lowest BCUT2D eigenvalue weighted by Crippen LogP contribution is -2.33. The van der Waals surface area contributed by atoms with Crippen molar-refractivity contribution in [3.05, 3.63) is 29.3 Å². The van der Waals surface area contributed by atoms with E-state index >= 15 is 0 Å². The smallest absolute Gasteiger partial charge is 0.251 e. The number of ether oxygens (including phenoxy) is 1. The zero-order chi connectivity index (χ0) is 15.1. The molecular formula is C14H20F2N2O2. The second kappa shape index (κ2) is 7.79. The maximum absolute atomic E-state index is 13.7. The number of carbonyl (C=O) groups excluding carboxylic acids is 1. The number of amides is 1. The van der Waals surface area contributed by atoms with Gasteiger partial charge in [0, 0.05) is 31.9 Å². The largest absolute Gasteiger partial charge is 0.385 e. The van der Waals surface area contributed by atoms with Crippen LogP contribution in [-0.4, -0.2) is 32.2 Å². The summed E-state index contributed by atoms with van der Waals surface area (Å²) in [5.41, 5.74) is -0.248. The zero-order valence-corrected chi connectivity index (χ0v) is 11.9. The predicted octanol–water partition coefficient (Wildman–Crippen LogP) is 2.55. The Labute approximate surface area is 117 Å². The lowest BCUT2D eigenvalue weighted by Gasteiger charge is -2.14. The standard InChI is InChI=1S/C14H20F2N2O2/c1-4-17-13-11(15)7-10(8-12(13)16)14(19)18-9(2)5-6-20-3/h7-9,17H,4-6H2,1-3H3,(H,18,19). The Morgan fingerprint density at radius 2 is 1.95 bits per heavy atom. The summed E-state index contributed by atoms with van der Waals surface area (Å²) in [7, 11) is 1.57. The van der Waals surface area contributed by atoms with Gasteiger partial charge in [0.15, 0.2) is 0 Å². The topological polar surface area (TPSA) is 50.4 Å². The molecule has 112 valence electrons. The number of anilines is 1. The van der Waals surface area contributed by atoms with Gasteiger partial charge in [-0.3, -0.25) is 4.79 Å². The molecule has 1 unspecified atom stereocenters. The van der Waals surface area contributed by atoms with E-state index in [-0.39, 0.29) is 17.3 Å². The molecule has 1 aromatic rings. The fraction of sp³-hybridized carbons (Fsp3) is 0.500. The highest BCUT2D eigenvalue weighted by Gasteiger charge is 2.16. The van der Waals surface area contributed by atoms with Gasteiger partial charge in [-0.1, -0.05) is 0 Å². The van der Waals surface area contributed by atoms with E-state index in [1.807, 2.05) is 0 Å². The van der Waals surface area contributed by atoms with Crippen molar-refractivity contribution in [2.24, 2.45) is 0 Å². The summed E-state index contributed by atoms with van der Waals surface area (Å²) in [4.78, 5) is 11.9. The third kappa shape index (κ3) is 4.45. The highest BCUT2D eigenvalue weighted by molar-refractivity contribution is 5.94. The second-order valence-corrected chi connectivity index (χ2v) is 4.50. The molecular weight excluding hydrogens is 266 g/mol. The minimum absolute atomic E-state index is 0.0362. The summed E-state index contributed by atoms with van der Waals surface area (Å²) in [5, 5.41) is 5.24. The second-order valence-electron chi connectivity index (χ2n) is 4.50. The Bertz CT molecular complexity index is 443. The molecule has 1 atom stereocenters. The number of hydrogen-bond acceptors (Lipinski definition) is 3. The van der Waals surface area contributed by atoms with E-state index in [1.165, 1.54) is 0 Å². The first-order chi connectivity index (χ1) is 9.49. The number of rotatable bonds is 7. The monoisotopic (exact) mass is 286 g/mol. The number of hydrogen-bond donors (Lipinski definition) is 2. The van der Waals surface area contributed by atoms with E-state index in [0.717, 1.165) is 12.1 Å². The van der Waals surface area contributed by atoms with Gasteiger partial charge in [0.25, 0.3) is 5.91 Å². The molecule has 0 spiro atoms. The van der Waals surface area contributed by atoms with Crippen LogP contribution in [0.4, 0.5) is 14.5 Å². The molecule has 1 rings (SSSR count). The fourth-order valence-corrected chi connectivity index (χ4v) is 1.72. The summed E-state index contributed by atoms with van der Waals surface area (Å²) in [6.45, 7) is 4.44. The summed E-state index contributed by atoms with van der Waals surface area (Å²) in [6, 6.07) is 1.92. The molecule has 0 aliphatic rings. The van der Waals surface area contributed by atoms with E-state index in [2.05, 4.69) is 10.6 Å². The molecule has 4 nitrogen and oxygen atoms in total. The summed E-state index contributed by atoms with van der Waals surface area (Å²) in [6.07, 6.45) is 0.628. The van der Waals surface area contributed by atoms with Crippen LogP contribution in [-0.2, 0) is 4.74 Å². The summed E-state index contributed by atoms with van der Waals surface area (Å²) in [5.74, 6) is -2.06. The van der Waals surface area contributed by atoms with Crippen molar-refractivity contribution >= 4 is 11.6 Å². The number of nitrogens with one attached hydrogen (secondary N) is 2. The molecule has 1 amide bonds. The number of benzene rings is 1. The van der Waals surface area contributed by atoms with Gasteiger partial charge in [0.1, 0.15) is 17.3 Å². The molecule has 20 heavy (non-hydrogen) atoms. The van der Waals surface area contributed by atoms with Gasteiger partial charge in [0.05, 0.1) is 0 Å². The maximum Gasteiger partial charge on any atom is 0.251 e. The SMILES string of the molecule is CCNc1c(F)cc(C(=O)NC(C)CCOC)cc1F. The first-order valence-corrected chi connectivity index (χ1v) is 6.52. The van der Waals surface area contributed by atoms with Crippen molar-refractivity contribution in [3.63, 3.8) is 0 Å². The average Bonchev–Trinajstić information content (AvgIpc) is 2.40. The van der Waals surface area contributed by atoms with E-state index in [9.17, 15) is 13.6 Å². The van der Waals surface area contributed by atoms with E-state index in [1.54, 1.807) is 21.0 Å². The van der Waals surface area contributed by atoms with E-state index in [4.69, 9.17) is 4.74 Å². The molecule has 0 radical (unpaired) electrons. The Kier molecular flexibility index (Phi) is 6.38. The van der Waals surface area contributed by atoms with Gasteiger partial charge in [-0.05, 0) is 32.4 Å². The number of methoxy groups -OCH3 is 1. The van der Waals surface area contributed by atoms with Crippen LogP contribution < -0.4 is 10.6 Å². The van der Waals surface area contributed by atoms with Crippen LogP contribution in [0.1, 0.15) is 30.6 Å². The molecule has 0 aliphatic carbocycles. The van der Waals surface area contributed by atoms with Crippen LogP contribution in [0.3, 0.4) is 0 Å². The molecule has 0 heterocycles. The van der Waals surface area contributed by atoms with Gasteiger partial charge in [-0.2, -0.15) is 0 Å². The molecule has 0 aromatic heterocycles. The van der Waals surface area contributed by atoms with Crippen LogP contribution in [0.15, 0.2) is 12.1 Å². The predicted molar refractivity (Wildman–Crippen MR) is 73.9 cm³/mol. The molecule has 0 fully saturated rings. The van der Waals surface area contributed by atoms with E-state index in [0.29, 0.717) is 19.6 Å². The van der Waals surface area contributed by atoms with Gasteiger partial charge < -0.3 is 15.4 Å². The van der Waals surface area contributed by atoms with Crippen LogP contribution >= 0.6 is 0 Å². The molecule has 1 aromatic carbocycles. The average molecular weight is 286 g/mol. The first-order valence-electron chi connectivity index (χ1n) is 6.52. The Morgan fingerprint density at radius 3 is 2.45 bits per heavy atom. The van der Waals surface area contributed by atoms with E-state index < -0.39 is 17.5 Å². The Morgan fingerprint density at radius 1 is 1.35 bits per heavy atom. The van der Waals surface area contributed by atoms with Gasteiger partial charge in [-0.15, -0.1) is 0 Å². The summed E-state index contributed by atoms with van der Waals surface area (Å²) < 4.78 is 32.3. The van der Waals surface area contributed by atoms with Crippen molar-refractivity contribution in [3.8, 4) is 0 Å². The summed E-state index contributed by atoms with van der Waals surface area (Å²) >= 11 is 0. The van der Waals surface area contributed by atoms with Crippen molar-refractivity contribution in [2.45, 2.75) is 26.3 Å². The van der Waals surface area contributed by atoms with Gasteiger partial charge in [0.2, 0.25) is 0 Å². The third-order valence-corrected chi connectivity index (χ3v) is 2.79. The van der Waals surface area contributed by atoms with Crippen LogP contribution in [0.5, 0.6) is 0 Å². The first kappa shape index (κ1) is 16.4. The molecule has 0 saturated carbocycles. The quantitative estimate of drug-likeness (QED) is 0.810. The van der Waals surface area contributed by atoms with Crippen molar-refractivity contribution in [2.75, 3.05) is 25.6 Å². The highest BCUT2D eigenvalue weighted by Crippen LogP contribution is 2.20. The van der Waals surface area contributed by atoms with Crippen LogP contribution in [0, 0.1) is 11.6 Å². The van der Waals surface area contributed by atoms with Crippen molar-refractivity contribution < 1.29 is 18.3 Å². The van der Waals surface area contributed by atoms with Crippen LogP contribution in [0.25, 0.3) is 0 Å². The molecule has 6 heteroatoms. The third-order valence-electron chi connectivity index (χ3n) is 2.79. The molecule has 2 N–H and O–H groups in total. The maximum atomic E-state index is 13.7. The Balaban J connectivity index is 2.79. The van der Waals surface area contributed by atoms with Crippen molar-refractivity contribution in [1.29, 1.82) is 0 Å². The zero-order valence-electron chi connectivity index (χ0n) is 11.9. The number of carbonyl (C=O) groups is 1.